The van der Waals surface area contributed by atoms with E-state index in [0.717, 1.165) is 12.1 Å². The second-order valence-electron chi connectivity index (χ2n) is 5.06. The van der Waals surface area contributed by atoms with Gasteiger partial charge in [-0.15, -0.1) is 0 Å². The third-order valence-corrected chi connectivity index (χ3v) is 3.62. The maximum absolute atomic E-state index is 5.76. The number of rotatable bonds is 3. The van der Waals surface area contributed by atoms with E-state index in [1.54, 1.807) is 0 Å². The van der Waals surface area contributed by atoms with Crippen LogP contribution < -0.4 is 11.3 Å². The van der Waals surface area contributed by atoms with Gasteiger partial charge in [0.05, 0.1) is 6.04 Å². The lowest BCUT2D eigenvalue weighted by atomic mass is 9.91. The largest absolute Gasteiger partial charge is 0.271 e. The van der Waals surface area contributed by atoms with E-state index in [4.69, 9.17) is 5.84 Å². The Morgan fingerprint density at radius 1 is 1.28 bits per heavy atom. The number of hydrogen-bond acceptors (Lipinski definition) is 3. The van der Waals surface area contributed by atoms with Gasteiger partial charge in [0.2, 0.25) is 0 Å². The first kappa shape index (κ1) is 13.2. The summed E-state index contributed by atoms with van der Waals surface area (Å²) < 4.78 is 0. The standard InChI is InChI=1S/C15H23N3/c1-12-11-14(9-10-17-12)15(18-16)13-7-5-3-2-4-6-8-13/h7,9-11,15,18H,2-6,8,16H2,1H3/b13-7+. The van der Waals surface area contributed by atoms with Crippen molar-refractivity contribution >= 4 is 0 Å². The van der Waals surface area contributed by atoms with Crippen molar-refractivity contribution in [1.82, 2.24) is 10.4 Å². The van der Waals surface area contributed by atoms with Crippen molar-refractivity contribution in [3.63, 3.8) is 0 Å². The summed E-state index contributed by atoms with van der Waals surface area (Å²) in [6.07, 6.45) is 11.8. The first-order valence-electron chi connectivity index (χ1n) is 6.89. The predicted molar refractivity (Wildman–Crippen MR) is 74.8 cm³/mol. The Morgan fingerprint density at radius 3 is 2.89 bits per heavy atom. The van der Waals surface area contributed by atoms with Crippen LogP contribution in [0.2, 0.25) is 0 Å². The van der Waals surface area contributed by atoms with E-state index in [1.807, 2.05) is 13.1 Å². The molecule has 1 aromatic rings. The van der Waals surface area contributed by atoms with Crippen LogP contribution in [0.1, 0.15) is 55.8 Å². The Kier molecular flexibility index (Phi) is 4.90. The molecule has 0 radical (unpaired) electrons. The van der Waals surface area contributed by atoms with Crippen LogP contribution in [0.3, 0.4) is 0 Å². The SMILES string of the molecule is Cc1cc(C(NN)/C2=C/CCCCCC2)ccn1. The molecule has 1 unspecified atom stereocenters. The second kappa shape index (κ2) is 6.66. The zero-order valence-corrected chi connectivity index (χ0v) is 11.2. The molecule has 0 saturated carbocycles. The molecular weight excluding hydrogens is 222 g/mol. The van der Waals surface area contributed by atoms with Gasteiger partial charge in [0, 0.05) is 11.9 Å². The Hall–Kier alpha value is -1.19. The molecule has 0 aliphatic heterocycles. The van der Waals surface area contributed by atoms with Crippen LogP contribution in [0, 0.1) is 6.92 Å². The van der Waals surface area contributed by atoms with Gasteiger partial charge >= 0.3 is 0 Å². The van der Waals surface area contributed by atoms with E-state index in [0.29, 0.717) is 0 Å². The van der Waals surface area contributed by atoms with Crippen molar-refractivity contribution in [1.29, 1.82) is 0 Å². The number of nitrogens with zero attached hydrogens (tertiary/aromatic N) is 1. The van der Waals surface area contributed by atoms with E-state index >= 15 is 0 Å². The van der Waals surface area contributed by atoms with Gasteiger partial charge in [0.25, 0.3) is 0 Å². The number of pyridine rings is 1. The fourth-order valence-corrected chi connectivity index (χ4v) is 2.64. The highest BCUT2D eigenvalue weighted by atomic mass is 15.2. The first-order valence-corrected chi connectivity index (χ1v) is 6.89. The summed E-state index contributed by atoms with van der Waals surface area (Å²) in [7, 11) is 0. The quantitative estimate of drug-likeness (QED) is 0.488. The monoisotopic (exact) mass is 245 g/mol. The van der Waals surface area contributed by atoms with Crippen LogP contribution in [-0.4, -0.2) is 4.98 Å². The van der Waals surface area contributed by atoms with Crippen molar-refractivity contribution in [2.75, 3.05) is 0 Å². The van der Waals surface area contributed by atoms with Gasteiger partial charge in [0.1, 0.15) is 0 Å². The molecule has 0 spiro atoms. The molecule has 1 aliphatic carbocycles. The van der Waals surface area contributed by atoms with Gasteiger partial charge < -0.3 is 0 Å². The molecule has 1 aromatic heterocycles. The first-order chi connectivity index (χ1) is 8.81. The van der Waals surface area contributed by atoms with E-state index in [9.17, 15) is 0 Å². The summed E-state index contributed by atoms with van der Waals surface area (Å²) >= 11 is 0. The number of nitrogens with one attached hydrogen (secondary N) is 1. The lowest BCUT2D eigenvalue weighted by Crippen LogP contribution is -2.29. The fourth-order valence-electron chi connectivity index (χ4n) is 2.64. The van der Waals surface area contributed by atoms with Crippen molar-refractivity contribution < 1.29 is 0 Å². The Labute approximate surface area is 109 Å². The molecular formula is C15H23N3. The van der Waals surface area contributed by atoms with Crippen molar-refractivity contribution in [3.8, 4) is 0 Å². The summed E-state index contributed by atoms with van der Waals surface area (Å²) in [5, 5.41) is 0. The average Bonchev–Trinajstić information content (AvgIpc) is 2.32. The van der Waals surface area contributed by atoms with Crippen molar-refractivity contribution in [2.45, 2.75) is 51.5 Å². The average molecular weight is 245 g/mol. The summed E-state index contributed by atoms with van der Waals surface area (Å²) in [6, 6.07) is 4.31. The number of aromatic nitrogens is 1. The molecule has 3 N–H and O–H groups in total. The smallest absolute Gasteiger partial charge is 0.0671 e. The van der Waals surface area contributed by atoms with Crippen LogP contribution in [0.15, 0.2) is 30.0 Å². The van der Waals surface area contributed by atoms with Gasteiger partial charge in [-0.3, -0.25) is 10.8 Å². The molecule has 2 rings (SSSR count). The number of allylic oxidation sites excluding steroid dienone is 1. The molecule has 1 atom stereocenters. The number of hydrazine groups is 1. The second-order valence-corrected chi connectivity index (χ2v) is 5.06. The molecule has 0 bridgehead atoms. The molecule has 0 fully saturated rings. The van der Waals surface area contributed by atoms with Gasteiger partial charge in [0.15, 0.2) is 0 Å². The number of nitrogens with two attached hydrogens (primary N) is 1. The van der Waals surface area contributed by atoms with Crippen molar-refractivity contribution in [3.05, 3.63) is 41.2 Å². The minimum absolute atomic E-state index is 0.143. The molecule has 0 saturated heterocycles. The molecule has 0 amide bonds. The van der Waals surface area contributed by atoms with E-state index in [2.05, 4.69) is 28.6 Å². The number of hydrogen-bond donors (Lipinski definition) is 2. The van der Waals surface area contributed by atoms with Gasteiger partial charge in [-0.05, 0) is 50.3 Å². The highest BCUT2D eigenvalue weighted by Gasteiger charge is 2.16. The van der Waals surface area contributed by atoms with Crippen LogP contribution in [0.25, 0.3) is 0 Å². The van der Waals surface area contributed by atoms with Gasteiger partial charge in [-0.1, -0.05) is 24.5 Å². The van der Waals surface area contributed by atoms with Crippen LogP contribution >= 0.6 is 0 Å². The summed E-state index contributed by atoms with van der Waals surface area (Å²) in [6.45, 7) is 2.02. The fraction of sp³-hybridized carbons (Fsp3) is 0.533. The van der Waals surface area contributed by atoms with Gasteiger partial charge in [-0.25, -0.2) is 5.43 Å². The summed E-state index contributed by atoms with van der Waals surface area (Å²) in [4.78, 5) is 4.25. The zero-order chi connectivity index (χ0) is 12.8. The van der Waals surface area contributed by atoms with E-state index in [1.165, 1.54) is 43.2 Å². The predicted octanol–water partition coefficient (Wildman–Crippen LogP) is 3.18. The maximum Gasteiger partial charge on any atom is 0.0671 e. The maximum atomic E-state index is 5.76. The summed E-state index contributed by atoms with van der Waals surface area (Å²) in [5.74, 6) is 5.76. The lowest BCUT2D eigenvalue weighted by molar-refractivity contribution is 0.554. The summed E-state index contributed by atoms with van der Waals surface area (Å²) in [5.41, 5.74) is 6.66. The zero-order valence-electron chi connectivity index (χ0n) is 11.2. The third kappa shape index (κ3) is 3.40. The minimum Gasteiger partial charge on any atom is -0.271 e. The molecule has 1 aliphatic rings. The molecule has 0 aromatic carbocycles. The van der Waals surface area contributed by atoms with Crippen LogP contribution in [-0.2, 0) is 0 Å². The van der Waals surface area contributed by atoms with Gasteiger partial charge in [-0.2, -0.15) is 0 Å². The van der Waals surface area contributed by atoms with Crippen LogP contribution in [0.5, 0.6) is 0 Å². The Morgan fingerprint density at radius 2 is 2.11 bits per heavy atom. The normalized spacial score (nSPS) is 21.6. The number of aryl methyl sites for hydroxylation is 1. The topological polar surface area (TPSA) is 50.9 Å². The molecule has 18 heavy (non-hydrogen) atoms. The minimum atomic E-state index is 0.143. The highest BCUT2D eigenvalue weighted by Crippen LogP contribution is 2.28. The molecule has 98 valence electrons. The third-order valence-electron chi connectivity index (χ3n) is 3.62. The van der Waals surface area contributed by atoms with Crippen LogP contribution in [0.4, 0.5) is 0 Å². The molecule has 3 heteroatoms. The molecule has 1 heterocycles. The van der Waals surface area contributed by atoms with E-state index in [-0.39, 0.29) is 6.04 Å². The van der Waals surface area contributed by atoms with E-state index < -0.39 is 0 Å². The Bertz CT molecular complexity index is 412. The Balaban J connectivity index is 2.21. The molecule has 3 nitrogen and oxygen atoms in total. The highest BCUT2D eigenvalue weighted by molar-refractivity contribution is 5.28. The van der Waals surface area contributed by atoms with Crippen molar-refractivity contribution in [2.24, 2.45) is 5.84 Å². The lowest BCUT2D eigenvalue weighted by Gasteiger charge is -2.22.